The summed E-state index contributed by atoms with van der Waals surface area (Å²) in [6.07, 6.45) is -2.53. The van der Waals surface area contributed by atoms with Crippen molar-refractivity contribution in [3.63, 3.8) is 0 Å². The predicted molar refractivity (Wildman–Crippen MR) is 138 cm³/mol. The van der Waals surface area contributed by atoms with Crippen LogP contribution in [-0.2, 0) is 33.9 Å². The van der Waals surface area contributed by atoms with Crippen LogP contribution in [0, 0.1) is 17.7 Å². The number of rotatable bonds is 11. The molecule has 0 aliphatic carbocycles. The summed E-state index contributed by atoms with van der Waals surface area (Å²) < 4.78 is 55.1. The Morgan fingerprint density at radius 2 is 1.73 bits per heavy atom. The van der Waals surface area contributed by atoms with Gasteiger partial charge in [0, 0.05) is 24.3 Å². The fraction of sp³-hybridized carbons (Fsp3) is 0.346. The van der Waals surface area contributed by atoms with Gasteiger partial charge in [-0.05, 0) is 24.3 Å². The molecule has 1 aliphatic heterocycles. The minimum Gasteiger partial charge on any atom is -0.481 e. The summed E-state index contributed by atoms with van der Waals surface area (Å²) in [5.41, 5.74) is 0.558. The van der Waals surface area contributed by atoms with E-state index in [2.05, 4.69) is 15.0 Å². The molecule has 1 aromatic heterocycles. The molecule has 3 aromatic rings. The van der Waals surface area contributed by atoms with Crippen molar-refractivity contribution < 1.29 is 46.9 Å². The van der Waals surface area contributed by atoms with Crippen molar-refractivity contribution in [3.05, 3.63) is 66.6 Å². The van der Waals surface area contributed by atoms with Gasteiger partial charge in [-0.3, -0.25) is 14.4 Å². The number of carbonyl (C=O) groups is 3. The first kappa shape index (κ1) is 29.8. The average Bonchev–Trinajstić information content (AvgIpc) is 3.39. The van der Waals surface area contributed by atoms with Crippen LogP contribution in [0.15, 0.2) is 65.7 Å². The Morgan fingerprint density at radius 3 is 2.37 bits per heavy atom. The van der Waals surface area contributed by atoms with Gasteiger partial charge in [-0.15, -0.1) is 5.10 Å². The smallest absolute Gasteiger partial charge is 0.303 e. The third kappa shape index (κ3) is 7.31. The van der Waals surface area contributed by atoms with Gasteiger partial charge in [0.15, 0.2) is 0 Å². The van der Waals surface area contributed by atoms with E-state index in [1.807, 2.05) is 0 Å². The number of carboxylic acids is 2. The first-order chi connectivity index (χ1) is 19.4. The summed E-state index contributed by atoms with van der Waals surface area (Å²) in [5.74, 6) is -6.05. The molecule has 1 aliphatic rings. The fourth-order valence-corrected chi connectivity index (χ4v) is 6.07. The van der Waals surface area contributed by atoms with Crippen LogP contribution in [0.25, 0.3) is 11.3 Å². The molecule has 0 radical (unpaired) electrons. The van der Waals surface area contributed by atoms with Gasteiger partial charge >= 0.3 is 17.9 Å². The number of benzene rings is 2. The van der Waals surface area contributed by atoms with Crippen molar-refractivity contribution in [2.24, 2.45) is 11.8 Å². The molecule has 4 rings (SSSR count). The monoisotopic (exact) mass is 590 g/mol. The summed E-state index contributed by atoms with van der Waals surface area (Å²) in [6, 6.07) is 11.7. The number of aromatic nitrogens is 3. The largest absolute Gasteiger partial charge is 0.481 e. The lowest BCUT2D eigenvalue weighted by Gasteiger charge is -2.46. The fourth-order valence-electron chi connectivity index (χ4n) is 4.88. The van der Waals surface area contributed by atoms with E-state index in [1.165, 1.54) is 53.3 Å². The molecule has 41 heavy (non-hydrogen) atoms. The molecular weight excluding hydrogens is 563 g/mol. The molecule has 0 bridgehead atoms. The van der Waals surface area contributed by atoms with Crippen LogP contribution < -0.4 is 4.72 Å². The average molecular weight is 591 g/mol. The quantitative estimate of drug-likeness (QED) is 0.278. The summed E-state index contributed by atoms with van der Waals surface area (Å²) in [6.45, 7) is 0.691. The lowest BCUT2D eigenvalue weighted by atomic mass is 9.77. The standard InChI is InChI=1S/C26H27FN4O9S/c1-15(32)39-14-22-19(11-23(33)34)25(31-13-21(28-30-31)16-6-5-7-17(27)10-16)20(12-24(35)36)26(40-22)29-41(37,38)18-8-3-2-4-9-18/h2-10,13,19-20,22,25-26,29H,11-12,14H2,1H3,(H,33,34)(H,35,36)/t19-,20+,22-,25-,26+/m0/s1. The van der Waals surface area contributed by atoms with Crippen molar-refractivity contribution >= 4 is 27.9 Å². The number of hydrogen-bond acceptors (Lipinski definition) is 9. The molecule has 0 unspecified atom stereocenters. The number of hydrogen-bond donors (Lipinski definition) is 3. The number of nitrogens with one attached hydrogen (secondary N) is 1. The Balaban J connectivity index is 1.82. The molecule has 15 heteroatoms. The van der Waals surface area contributed by atoms with Gasteiger partial charge in [0.05, 0.1) is 36.1 Å². The molecule has 5 atom stereocenters. The van der Waals surface area contributed by atoms with E-state index in [1.54, 1.807) is 12.1 Å². The van der Waals surface area contributed by atoms with Crippen LogP contribution in [0.3, 0.4) is 0 Å². The van der Waals surface area contributed by atoms with E-state index in [9.17, 15) is 37.4 Å². The van der Waals surface area contributed by atoms with Crippen LogP contribution in [0.4, 0.5) is 4.39 Å². The van der Waals surface area contributed by atoms with E-state index in [0.717, 1.165) is 6.92 Å². The van der Waals surface area contributed by atoms with Gasteiger partial charge < -0.3 is 19.7 Å². The minimum atomic E-state index is -4.25. The number of sulfonamides is 1. The van der Waals surface area contributed by atoms with Crippen LogP contribution in [0.1, 0.15) is 25.8 Å². The maximum absolute atomic E-state index is 13.9. The van der Waals surface area contributed by atoms with Crippen LogP contribution in [-0.4, -0.2) is 70.5 Å². The molecule has 2 heterocycles. The summed E-state index contributed by atoms with van der Waals surface area (Å²) in [4.78, 5) is 35.4. The van der Waals surface area contributed by atoms with Gasteiger partial charge in [-0.1, -0.05) is 35.5 Å². The number of esters is 1. The Morgan fingerprint density at radius 1 is 1.05 bits per heavy atom. The third-order valence-corrected chi connectivity index (χ3v) is 8.03. The first-order valence-electron chi connectivity index (χ1n) is 12.4. The Labute approximate surface area is 233 Å². The van der Waals surface area contributed by atoms with Gasteiger partial charge in [0.1, 0.15) is 24.3 Å². The Kier molecular flexibility index (Phi) is 9.10. The number of ether oxygens (including phenoxy) is 2. The number of carbonyl (C=O) groups excluding carboxylic acids is 1. The Hall–Kier alpha value is -4.21. The first-order valence-corrected chi connectivity index (χ1v) is 13.9. The molecule has 3 N–H and O–H groups in total. The van der Waals surface area contributed by atoms with Crippen molar-refractivity contribution in [2.45, 2.75) is 43.0 Å². The molecule has 1 saturated heterocycles. The normalized spacial score (nSPS) is 22.6. The van der Waals surface area contributed by atoms with E-state index in [0.29, 0.717) is 5.56 Å². The predicted octanol–water partition coefficient (Wildman–Crippen LogP) is 2.07. The molecule has 2 aromatic carbocycles. The van der Waals surface area contributed by atoms with Crippen LogP contribution in [0.5, 0.6) is 0 Å². The highest BCUT2D eigenvalue weighted by Crippen LogP contribution is 2.42. The second-order valence-electron chi connectivity index (χ2n) is 9.44. The topological polar surface area (TPSA) is 187 Å². The minimum absolute atomic E-state index is 0.118. The highest BCUT2D eigenvalue weighted by atomic mass is 32.2. The van der Waals surface area contributed by atoms with Crippen molar-refractivity contribution in [1.29, 1.82) is 0 Å². The maximum atomic E-state index is 13.9. The van der Waals surface area contributed by atoms with E-state index in [4.69, 9.17) is 9.47 Å². The highest BCUT2D eigenvalue weighted by molar-refractivity contribution is 7.89. The molecule has 0 saturated carbocycles. The summed E-state index contributed by atoms with van der Waals surface area (Å²) in [7, 11) is -4.25. The second-order valence-corrected chi connectivity index (χ2v) is 11.2. The van der Waals surface area contributed by atoms with Gasteiger partial charge in [-0.2, -0.15) is 4.72 Å². The summed E-state index contributed by atoms with van der Waals surface area (Å²) >= 11 is 0. The maximum Gasteiger partial charge on any atom is 0.303 e. The van der Waals surface area contributed by atoms with Crippen LogP contribution >= 0.6 is 0 Å². The Bertz CT molecular complexity index is 1520. The second kappa shape index (κ2) is 12.5. The molecular formula is C26H27FN4O9S. The highest BCUT2D eigenvalue weighted by Gasteiger charge is 2.50. The van der Waals surface area contributed by atoms with Gasteiger partial charge in [-0.25, -0.2) is 17.5 Å². The molecule has 1 fully saturated rings. The number of aliphatic carboxylic acids is 2. The zero-order valence-electron chi connectivity index (χ0n) is 21.7. The van der Waals surface area contributed by atoms with Crippen molar-refractivity contribution in [3.8, 4) is 11.3 Å². The molecule has 218 valence electrons. The van der Waals surface area contributed by atoms with Crippen molar-refractivity contribution in [1.82, 2.24) is 19.7 Å². The van der Waals surface area contributed by atoms with Crippen LogP contribution in [0.2, 0.25) is 0 Å². The number of carboxylic acid groups (broad SMARTS) is 2. The summed E-state index contributed by atoms with van der Waals surface area (Å²) in [5, 5.41) is 27.7. The van der Waals surface area contributed by atoms with Gasteiger partial charge in [0.2, 0.25) is 10.0 Å². The zero-order valence-corrected chi connectivity index (χ0v) is 22.5. The zero-order chi connectivity index (χ0) is 29.7. The lowest BCUT2D eigenvalue weighted by molar-refractivity contribution is -0.184. The van der Waals surface area contributed by atoms with E-state index >= 15 is 0 Å². The van der Waals surface area contributed by atoms with Gasteiger partial charge in [0.25, 0.3) is 0 Å². The SMILES string of the molecule is CC(=O)OC[C@@H]1O[C@@H](NS(=O)(=O)c2ccccc2)[C@H](CC(=O)O)[C@@H](n2cc(-c3cccc(F)c3)nn2)[C@H]1CC(=O)O. The molecule has 0 amide bonds. The number of nitrogens with zero attached hydrogens (tertiary/aromatic N) is 3. The molecule has 13 nitrogen and oxygen atoms in total. The lowest BCUT2D eigenvalue weighted by Crippen LogP contribution is -2.57. The third-order valence-electron chi connectivity index (χ3n) is 6.60. The van der Waals surface area contributed by atoms with E-state index < -0.39 is 83.4 Å². The van der Waals surface area contributed by atoms with Crippen molar-refractivity contribution in [2.75, 3.05) is 6.61 Å². The molecule has 0 spiro atoms. The number of halogens is 1. The van der Waals surface area contributed by atoms with E-state index in [-0.39, 0.29) is 10.6 Å².